The Morgan fingerprint density at radius 2 is 1.68 bits per heavy atom. The Morgan fingerprint density at radius 1 is 0.884 bits per heavy atom. The number of rotatable bonds is 17. The van der Waals surface area contributed by atoms with Gasteiger partial charge in [-0.15, -0.1) is 0 Å². The number of allylic oxidation sites excluding steroid dienone is 1. The van der Waals surface area contributed by atoms with Crippen LogP contribution in [0.5, 0.6) is 11.5 Å². The summed E-state index contributed by atoms with van der Waals surface area (Å²) in [5.74, 6) is 4.66. The fourth-order valence-corrected chi connectivity index (χ4v) is 15.4. The van der Waals surface area contributed by atoms with E-state index in [9.17, 15) is 14.7 Å². The zero-order chi connectivity index (χ0) is 47.4. The van der Waals surface area contributed by atoms with Crippen LogP contribution < -0.4 is 21.1 Å². The number of phenolic OH excluding ortho intramolecular Hbond substituents is 1. The van der Waals surface area contributed by atoms with E-state index in [0.717, 1.165) is 98.2 Å². The van der Waals surface area contributed by atoms with Crippen LogP contribution in [-0.4, -0.2) is 54.4 Å². The first-order valence-corrected chi connectivity index (χ1v) is 26.7. The number of methoxy groups -OCH3 is 1. The normalized spacial score (nSPS) is 28.0. The third-order valence-electron chi connectivity index (χ3n) is 18.4. The lowest BCUT2D eigenvalue weighted by Crippen LogP contribution is -2.57. The summed E-state index contributed by atoms with van der Waals surface area (Å²) in [5.41, 5.74) is 14.7. The van der Waals surface area contributed by atoms with Crippen molar-refractivity contribution in [2.45, 2.75) is 128 Å². The van der Waals surface area contributed by atoms with Crippen molar-refractivity contribution < 1.29 is 19.4 Å². The average Bonchev–Trinajstić information content (AvgIpc) is 3.97. The Morgan fingerprint density at radius 3 is 2.51 bits per heavy atom. The topological polar surface area (TPSA) is 127 Å². The van der Waals surface area contributed by atoms with Gasteiger partial charge < -0.3 is 26.2 Å². The first-order chi connectivity index (χ1) is 33.7. The van der Waals surface area contributed by atoms with Crippen molar-refractivity contribution in [2.24, 2.45) is 46.3 Å². The number of pyridine rings is 1. The molecule has 1 aromatic heterocycles. The number of phenols is 1. The van der Waals surface area contributed by atoms with Gasteiger partial charge in [-0.05, 0) is 219 Å². The van der Waals surface area contributed by atoms with E-state index >= 15 is 0 Å². The van der Waals surface area contributed by atoms with Crippen LogP contribution >= 0.6 is 0 Å². The quantitative estimate of drug-likeness (QED) is 0.0469. The number of aryl methyl sites for hydroxylation is 4. The predicted molar refractivity (Wildman–Crippen MR) is 277 cm³/mol. The lowest BCUT2D eigenvalue weighted by atomic mass is 9.52. The number of nitrogens with zero attached hydrogens (tertiary/aromatic N) is 1. The van der Waals surface area contributed by atoms with E-state index in [1.54, 1.807) is 24.3 Å². The number of aromatic hydroxyl groups is 1. The molecule has 0 amide bonds. The summed E-state index contributed by atoms with van der Waals surface area (Å²) in [6, 6.07) is 25.5. The van der Waals surface area contributed by atoms with Crippen LogP contribution in [0.2, 0.25) is 0 Å². The maximum Gasteiger partial charge on any atom is 0.163 e. The number of hydrogen-bond acceptors (Lipinski definition) is 8. The third-order valence-corrected chi connectivity index (χ3v) is 18.4. The molecule has 8 nitrogen and oxygen atoms in total. The lowest BCUT2D eigenvalue weighted by Gasteiger charge is -2.55. The van der Waals surface area contributed by atoms with Crippen molar-refractivity contribution in [3.8, 4) is 11.5 Å². The molecule has 8 atom stereocenters. The number of Topliss-reactive ketones (excluding diaryl/α,β-unsaturated/α-hetero) is 1. The van der Waals surface area contributed by atoms with Crippen LogP contribution in [-0.2, 0) is 41.7 Å². The Balaban J connectivity index is 0.805. The molecule has 4 aliphatic carbocycles. The second-order valence-electron chi connectivity index (χ2n) is 22.5. The van der Waals surface area contributed by atoms with Crippen molar-refractivity contribution >= 4 is 23.5 Å². The van der Waals surface area contributed by atoms with E-state index < -0.39 is 0 Å². The summed E-state index contributed by atoms with van der Waals surface area (Å²) in [4.78, 5) is 32.2. The maximum atomic E-state index is 14.0. The molecule has 5 fully saturated rings. The SMILES string of the molecule is COc1cc(C=CC(=O)CC(=O)CC2CCC3C4(CCCC4)CCC3(CC3C4CCNCC4CC4C=CCNC43)C2)c(Cc2cnc(N)cc2CCc2cccc(CCc3ccccc3)c2)cc1O. The van der Waals surface area contributed by atoms with Crippen LogP contribution in [0.25, 0.3) is 6.08 Å². The number of aromatic nitrogens is 1. The summed E-state index contributed by atoms with van der Waals surface area (Å²) < 4.78 is 5.53. The zero-order valence-electron chi connectivity index (χ0n) is 41.1. The first kappa shape index (κ1) is 47.6. The highest BCUT2D eigenvalue weighted by atomic mass is 16.5. The molecule has 364 valence electrons. The van der Waals surface area contributed by atoms with Gasteiger partial charge in [0.1, 0.15) is 11.6 Å². The Kier molecular flexibility index (Phi) is 14.6. The van der Waals surface area contributed by atoms with Gasteiger partial charge in [-0.3, -0.25) is 9.59 Å². The number of nitrogens with two attached hydrogens (primary N) is 1. The molecule has 4 saturated carbocycles. The molecule has 3 aromatic carbocycles. The van der Waals surface area contributed by atoms with Crippen molar-refractivity contribution in [3.63, 3.8) is 0 Å². The number of fused-ring (bicyclic) bond motifs is 4. The molecule has 3 heterocycles. The third kappa shape index (κ3) is 10.7. The molecule has 69 heavy (non-hydrogen) atoms. The number of nitrogens with one attached hydrogen (secondary N) is 2. The smallest absolute Gasteiger partial charge is 0.163 e. The lowest BCUT2D eigenvalue weighted by molar-refractivity contribution is -0.126. The van der Waals surface area contributed by atoms with Gasteiger partial charge in [0.15, 0.2) is 17.3 Å². The molecule has 8 heteroatoms. The summed E-state index contributed by atoms with van der Waals surface area (Å²) >= 11 is 0. The summed E-state index contributed by atoms with van der Waals surface area (Å²) in [6.45, 7) is 3.29. The number of piperidine rings is 1. The second kappa shape index (κ2) is 21.1. The predicted octanol–water partition coefficient (Wildman–Crippen LogP) is 11.0. The number of hydrogen-bond donors (Lipinski definition) is 4. The summed E-state index contributed by atoms with van der Waals surface area (Å²) in [6.07, 6.45) is 30.2. The molecule has 10 rings (SSSR count). The molecule has 1 saturated heterocycles. The Hall–Kier alpha value is -5.05. The number of benzene rings is 3. The highest BCUT2D eigenvalue weighted by Crippen LogP contribution is 2.69. The number of ether oxygens (including phenoxy) is 1. The molecular formula is C61H76N4O4. The minimum Gasteiger partial charge on any atom is -0.504 e. The molecule has 0 bridgehead atoms. The molecular weight excluding hydrogens is 853 g/mol. The van der Waals surface area contributed by atoms with Crippen LogP contribution in [0.4, 0.5) is 5.82 Å². The van der Waals surface area contributed by atoms with Crippen LogP contribution in [0, 0.1) is 46.3 Å². The number of ketones is 2. The highest BCUT2D eigenvalue weighted by molar-refractivity contribution is 6.06. The number of carbonyl (C=O) groups excluding carboxylic acids is 2. The van der Waals surface area contributed by atoms with Crippen LogP contribution in [0.15, 0.2) is 97.2 Å². The summed E-state index contributed by atoms with van der Waals surface area (Å²) in [5, 5.41) is 18.8. The zero-order valence-corrected chi connectivity index (χ0v) is 41.1. The van der Waals surface area contributed by atoms with Gasteiger partial charge in [0.25, 0.3) is 0 Å². The second-order valence-corrected chi connectivity index (χ2v) is 22.5. The Labute approximate surface area is 411 Å². The van der Waals surface area contributed by atoms with E-state index in [-0.39, 0.29) is 23.7 Å². The van der Waals surface area contributed by atoms with E-state index in [1.807, 2.05) is 12.3 Å². The van der Waals surface area contributed by atoms with Gasteiger partial charge in [-0.2, -0.15) is 0 Å². The summed E-state index contributed by atoms with van der Waals surface area (Å²) in [7, 11) is 1.53. The van der Waals surface area contributed by atoms with Crippen molar-refractivity contribution in [1.29, 1.82) is 0 Å². The molecule has 4 aromatic rings. The average molecular weight is 929 g/mol. The number of nitrogen functional groups attached to an aromatic ring is 1. The first-order valence-electron chi connectivity index (χ1n) is 26.7. The van der Waals surface area contributed by atoms with Crippen LogP contribution in [0.3, 0.4) is 0 Å². The van der Waals surface area contributed by atoms with Gasteiger partial charge in [0.2, 0.25) is 0 Å². The minimum absolute atomic E-state index is 0.0303. The maximum absolute atomic E-state index is 14.0. The fourth-order valence-electron chi connectivity index (χ4n) is 15.4. The largest absolute Gasteiger partial charge is 0.504 e. The van der Waals surface area contributed by atoms with E-state index in [4.69, 9.17) is 10.5 Å². The minimum atomic E-state index is -0.186. The molecule has 0 radical (unpaired) electrons. The molecule has 8 unspecified atom stereocenters. The monoisotopic (exact) mass is 929 g/mol. The van der Waals surface area contributed by atoms with Gasteiger partial charge in [0, 0.05) is 25.2 Å². The molecule has 5 N–H and O–H groups in total. The van der Waals surface area contributed by atoms with Crippen molar-refractivity contribution in [2.75, 3.05) is 32.5 Å². The fraction of sp³-hybridized carbons (Fsp3) is 0.525. The molecule has 6 aliphatic rings. The van der Waals surface area contributed by atoms with Gasteiger partial charge in [-0.25, -0.2) is 4.98 Å². The standard InChI is InChI=1S/C61H76N4O4/c1-69-56-34-45(48(33-55(56)68)32-49-40-65-58(62)35-46(49)18-16-43-12-7-11-42(29-43)15-14-41-9-3-2-4-10-41)19-20-51(66)36-52(67)30-44-17-21-57-60(23-5-6-24-60)25-26-61(57,37-44)38-54-53-22-28-63-39-50(53)31-47-13-8-27-64-59(47)54/h2-4,7-13,19-20,29,33-35,40,44,47,50,53-54,57,59,63-64,68H,5-6,14-18,21-28,30-32,36-39H2,1H3,(H2,62,65). The van der Waals surface area contributed by atoms with E-state index in [0.29, 0.717) is 59.0 Å². The van der Waals surface area contributed by atoms with Crippen molar-refractivity contribution in [3.05, 3.63) is 136 Å². The highest BCUT2D eigenvalue weighted by Gasteiger charge is 2.60. The van der Waals surface area contributed by atoms with E-state index in [1.165, 1.54) is 88.0 Å². The van der Waals surface area contributed by atoms with Crippen molar-refractivity contribution in [1.82, 2.24) is 15.6 Å². The van der Waals surface area contributed by atoms with E-state index in [2.05, 4.69) is 82.4 Å². The van der Waals surface area contributed by atoms with Crippen LogP contribution in [0.1, 0.15) is 129 Å². The van der Waals surface area contributed by atoms with Gasteiger partial charge in [-0.1, -0.05) is 85.7 Å². The molecule has 2 aliphatic heterocycles. The number of anilines is 1. The number of carbonyl (C=O) groups is 2. The Bertz CT molecular complexity index is 2510. The van der Waals surface area contributed by atoms with Gasteiger partial charge >= 0.3 is 0 Å². The molecule has 1 spiro atoms. The van der Waals surface area contributed by atoms with Gasteiger partial charge in [0.05, 0.1) is 13.5 Å².